The number of carbonyl (C=O) groups excluding carboxylic acids is 1. The van der Waals surface area contributed by atoms with Crippen molar-refractivity contribution in [2.75, 3.05) is 7.05 Å². The fourth-order valence-electron chi connectivity index (χ4n) is 2.23. The van der Waals surface area contributed by atoms with Crippen molar-refractivity contribution in [3.05, 3.63) is 34.5 Å². The molecule has 1 amide bonds. The Hall–Kier alpha value is -1.41. The summed E-state index contributed by atoms with van der Waals surface area (Å²) >= 11 is 10.6. The Morgan fingerprint density at radius 2 is 2.05 bits per heavy atom. The predicted octanol–water partition coefficient (Wildman–Crippen LogP) is 2.98. The molecule has 2 atom stereocenters. The van der Waals surface area contributed by atoms with E-state index in [1.165, 1.54) is 6.08 Å². The quantitative estimate of drug-likeness (QED) is 0.536. The molecule has 2 rings (SSSR count). The van der Waals surface area contributed by atoms with E-state index in [2.05, 4.69) is 5.32 Å². The van der Waals surface area contributed by atoms with Crippen molar-refractivity contribution in [1.82, 2.24) is 10.2 Å². The molecule has 1 N–H and O–H groups in total. The number of nitrogens with zero attached hydrogens (tertiary/aromatic N) is 1. The molecule has 2 unspecified atom stereocenters. The maximum atomic E-state index is 15.1. The van der Waals surface area contributed by atoms with E-state index in [0.29, 0.717) is 11.6 Å². The number of rotatable bonds is 0. The highest BCUT2D eigenvalue weighted by Gasteiger charge is 2.52. The Morgan fingerprint density at radius 1 is 1.45 bits per heavy atom. The van der Waals surface area contributed by atoms with Gasteiger partial charge in [-0.05, 0) is 18.6 Å². The van der Waals surface area contributed by atoms with Crippen LogP contribution in [0.15, 0.2) is 34.5 Å². The van der Waals surface area contributed by atoms with Crippen LogP contribution in [-0.4, -0.2) is 40.7 Å². The summed E-state index contributed by atoms with van der Waals surface area (Å²) in [7, 11) is 0.848. The minimum atomic E-state index is -4.85. The van der Waals surface area contributed by atoms with Gasteiger partial charge in [-0.25, -0.2) is 4.39 Å². The van der Waals surface area contributed by atoms with Gasteiger partial charge in [-0.3, -0.25) is 4.79 Å². The second-order valence-electron chi connectivity index (χ2n) is 4.99. The Bertz CT molecular complexity index is 640. The number of halogens is 5. The van der Waals surface area contributed by atoms with Gasteiger partial charge < -0.3 is 10.2 Å². The van der Waals surface area contributed by atoms with E-state index in [1.54, 1.807) is 6.92 Å². The van der Waals surface area contributed by atoms with Crippen molar-refractivity contribution >= 4 is 34.7 Å². The zero-order valence-corrected chi connectivity index (χ0v) is 13.0. The topological polar surface area (TPSA) is 32.3 Å². The Labute approximate surface area is 134 Å². The number of amides is 1. The Morgan fingerprint density at radius 3 is 2.59 bits per heavy atom. The van der Waals surface area contributed by atoms with Crippen molar-refractivity contribution < 1.29 is 22.4 Å². The second-order valence-corrected chi connectivity index (χ2v) is 5.83. The van der Waals surface area contributed by atoms with Gasteiger partial charge >= 0.3 is 6.18 Å². The number of alkyl halides is 4. The van der Waals surface area contributed by atoms with Crippen LogP contribution < -0.4 is 5.32 Å². The largest absolute Gasteiger partial charge is 0.431 e. The van der Waals surface area contributed by atoms with Crippen molar-refractivity contribution in [1.29, 1.82) is 0 Å². The molecule has 0 saturated heterocycles. The Kier molecular flexibility index (Phi) is 4.12. The zero-order chi connectivity index (χ0) is 16.9. The first kappa shape index (κ1) is 17.0. The van der Waals surface area contributed by atoms with E-state index in [4.69, 9.17) is 23.8 Å². The van der Waals surface area contributed by atoms with Crippen molar-refractivity contribution in [3.63, 3.8) is 0 Å². The molecular formula is C13H11ClF4N2OS. The van der Waals surface area contributed by atoms with Gasteiger partial charge in [0.15, 0.2) is 0 Å². The molecule has 9 heteroatoms. The van der Waals surface area contributed by atoms with E-state index in [-0.39, 0.29) is 14.9 Å². The number of fused-ring (bicyclic) bond motifs is 1. The van der Waals surface area contributed by atoms with E-state index in [1.807, 2.05) is 0 Å². The summed E-state index contributed by atoms with van der Waals surface area (Å²) in [6.07, 6.45) is -2.13. The van der Waals surface area contributed by atoms with Gasteiger partial charge in [0.05, 0.1) is 6.04 Å². The van der Waals surface area contributed by atoms with Crippen LogP contribution in [-0.2, 0) is 4.79 Å². The van der Waals surface area contributed by atoms with E-state index in [9.17, 15) is 18.0 Å². The van der Waals surface area contributed by atoms with Crippen LogP contribution in [0.4, 0.5) is 17.6 Å². The van der Waals surface area contributed by atoms with Gasteiger partial charge in [0.25, 0.3) is 5.91 Å². The number of hydrogen-bond donors (Lipinski definition) is 1. The molecule has 1 aliphatic carbocycles. The predicted molar refractivity (Wildman–Crippen MR) is 78.0 cm³/mol. The second kappa shape index (κ2) is 5.34. The smallest absolute Gasteiger partial charge is 0.366 e. The normalized spacial score (nSPS) is 32.0. The molecule has 22 heavy (non-hydrogen) atoms. The molecule has 3 nitrogen and oxygen atoms in total. The van der Waals surface area contributed by atoms with Crippen LogP contribution in [0.2, 0.25) is 0 Å². The number of allylic oxidation sites excluding steroid dienone is 3. The van der Waals surface area contributed by atoms with Crippen molar-refractivity contribution in [2.45, 2.75) is 24.8 Å². The van der Waals surface area contributed by atoms with Gasteiger partial charge in [0.2, 0.25) is 5.67 Å². The van der Waals surface area contributed by atoms with Crippen molar-refractivity contribution in [2.24, 2.45) is 0 Å². The highest BCUT2D eigenvalue weighted by Crippen LogP contribution is 2.37. The molecule has 1 aliphatic heterocycles. The highest BCUT2D eigenvalue weighted by molar-refractivity contribution is 7.80. The molecular weight excluding hydrogens is 344 g/mol. The van der Waals surface area contributed by atoms with Gasteiger partial charge in [0.1, 0.15) is 10.7 Å². The van der Waals surface area contributed by atoms with Gasteiger partial charge in [-0.2, -0.15) is 13.2 Å². The SMILES string of the molecule is CC1=CC2NC(=S)/C=C(/C(F)(F)F)N(C)C(=O)C2(F)C=C1Cl. The number of thiocarbonyl (C=S) groups is 1. The molecule has 120 valence electrons. The van der Waals surface area contributed by atoms with Crippen LogP contribution in [0, 0.1) is 0 Å². The van der Waals surface area contributed by atoms with Crippen molar-refractivity contribution in [3.8, 4) is 0 Å². The lowest BCUT2D eigenvalue weighted by Crippen LogP contribution is -2.59. The third-order valence-electron chi connectivity index (χ3n) is 3.43. The minimum absolute atomic E-state index is 0.0358. The molecule has 0 aromatic rings. The van der Waals surface area contributed by atoms with Gasteiger partial charge in [-0.1, -0.05) is 29.9 Å². The van der Waals surface area contributed by atoms with Gasteiger partial charge in [0, 0.05) is 18.2 Å². The molecule has 0 spiro atoms. The maximum Gasteiger partial charge on any atom is 0.431 e. The monoisotopic (exact) mass is 354 g/mol. The summed E-state index contributed by atoms with van der Waals surface area (Å²) in [6.45, 7) is 1.59. The lowest BCUT2D eigenvalue weighted by molar-refractivity contribution is -0.149. The van der Waals surface area contributed by atoms with Gasteiger partial charge in [-0.15, -0.1) is 0 Å². The molecule has 2 aliphatic rings. The summed E-state index contributed by atoms with van der Waals surface area (Å²) in [4.78, 5) is 12.2. The van der Waals surface area contributed by atoms with E-state index < -0.39 is 29.5 Å². The molecule has 0 bridgehead atoms. The lowest BCUT2D eigenvalue weighted by Gasteiger charge is -2.38. The van der Waals surface area contributed by atoms with E-state index >= 15 is 4.39 Å². The van der Waals surface area contributed by atoms with Crippen LogP contribution in [0.1, 0.15) is 6.92 Å². The summed E-state index contributed by atoms with van der Waals surface area (Å²) in [5.41, 5.74) is -3.62. The number of carbonyl (C=O) groups is 1. The van der Waals surface area contributed by atoms with Crippen LogP contribution in [0.25, 0.3) is 0 Å². The molecule has 0 radical (unpaired) electrons. The number of hydrogen-bond acceptors (Lipinski definition) is 2. The first-order valence-electron chi connectivity index (χ1n) is 6.10. The molecule has 1 heterocycles. The number of nitrogens with one attached hydrogen (secondary N) is 1. The molecule has 0 aromatic carbocycles. The van der Waals surface area contributed by atoms with E-state index in [0.717, 1.165) is 13.1 Å². The molecule has 0 fully saturated rings. The van der Waals surface area contributed by atoms with Crippen LogP contribution >= 0.6 is 23.8 Å². The average molecular weight is 355 g/mol. The minimum Gasteiger partial charge on any atom is -0.366 e. The van der Waals surface area contributed by atoms with Crippen LogP contribution in [0.5, 0.6) is 0 Å². The Balaban J connectivity index is 2.59. The standard InChI is InChI=1S/C13H11ClF4N2OS/c1-6-3-8-12(15,5-7(6)14)11(21)20(2)9(13(16,17)18)4-10(22)19-8/h3-5,8H,1-2H3,(H,19,22)/b9-4-. The fraction of sp³-hybridized carbons (Fsp3) is 0.385. The van der Waals surface area contributed by atoms with Crippen LogP contribution in [0.3, 0.4) is 0 Å². The summed E-state index contributed by atoms with van der Waals surface area (Å²) in [6, 6.07) is -1.23. The summed E-state index contributed by atoms with van der Waals surface area (Å²) < 4.78 is 54.2. The fourth-order valence-corrected chi connectivity index (χ4v) is 2.70. The average Bonchev–Trinajstić information content (AvgIpc) is 2.38. The summed E-state index contributed by atoms with van der Waals surface area (Å²) in [5, 5.41) is 2.38. The first-order valence-corrected chi connectivity index (χ1v) is 6.89. The molecule has 0 saturated carbocycles. The zero-order valence-electron chi connectivity index (χ0n) is 11.5. The first-order chi connectivity index (χ1) is 9.96. The summed E-state index contributed by atoms with van der Waals surface area (Å²) in [5.74, 6) is -1.38. The highest BCUT2D eigenvalue weighted by atomic mass is 35.5. The molecule has 0 aromatic heterocycles. The third-order valence-corrected chi connectivity index (χ3v) is 4.08. The lowest BCUT2D eigenvalue weighted by atomic mass is 9.87. The maximum absolute atomic E-state index is 15.1. The third kappa shape index (κ3) is 2.77.